The zero-order chi connectivity index (χ0) is 17.7. The second-order valence-electron chi connectivity index (χ2n) is 6.59. The number of thioether (sulfide) groups is 1. The Hall–Kier alpha value is -2.09. The maximum Gasteiger partial charge on any atom is 0.254 e. The summed E-state index contributed by atoms with van der Waals surface area (Å²) < 4.78 is 13.7. The molecule has 2 atom stereocenters. The molecule has 0 saturated carbocycles. The van der Waals surface area contributed by atoms with Crippen molar-refractivity contribution in [3.05, 3.63) is 35.1 Å². The van der Waals surface area contributed by atoms with Gasteiger partial charge in [0, 0.05) is 24.4 Å². The van der Waals surface area contributed by atoms with Crippen LogP contribution in [0.25, 0.3) is 0 Å². The Labute approximate surface area is 148 Å². The summed E-state index contributed by atoms with van der Waals surface area (Å²) in [7, 11) is 0. The monoisotopic (exact) mass is 363 g/mol. The minimum atomic E-state index is -0.629. The minimum absolute atomic E-state index is 0.0249. The fourth-order valence-corrected chi connectivity index (χ4v) is 4.75. The van der Waals surface area contributed by atoms with Crippen LogP contribution in [-0.2, 0) is 9.59 Å². The Morgan fingerprint density at radius 1 is 1.16 bits per heavy atom. The van der Waals surface area contributed by atoms with Crippen LogP contribution < -0.4 is 0 Å². The van der Waals surface area contributed by atoms with Crippen molar-refractivity contribution >= 4 is 29.5 Å². The van der Waals surface area contributed by atoms with Gasteiger partial charge >= 0.3 is 0 Å². The van der Waals surface area contributed by atoms with Crippen molar-refractivity contribution in [3.63, 3.8) is 0 Å². The van der Waals surface area contributed by atoms with E-state index in [9.17, 15) is 18.8 Å². The zero-order valence-corrected chi connectivity index (χ0v) is 14.6. The summed E-state index contributed by atoms with van der Waals surface area (Å²) in [6.45, 7) is 2.49. The molecule has 3 aliphatic rings. The van der Waals surface area contributed by atoms with E-state index in [1.165, 1.54) is 6.07 Å². The molecular weight excluding hydrogens is 345 g/mol. The number of nitrogens with zero attached hydrogens (tertiary/aromatic N) is 3. The molecular formula is C17H18FN3O3S. The predicted molar refractivity (Wildman–Crippen MR) is 90.5 cm³/mol. The third-order valence-electron chi connectivity index (χ3n) is 5.10. The van der Waals surface area contributed by atoms with E-state index in [1.807, 2.05) is 0 Å². The molecule has 0 N–H and O–H groups in total. The van der Waals surface area contributed by atoms with Gasteiger partial charge in [-0.3, -0.25) is 14.4 Å². The molecule has 1 aromatic carbocycles. The van der Waals surface area contributed by atoms with E-state index in [0.717, 1.165) is 0 Å². The molecule has 6 nitrogen and oxygen atoms in total. The van der Waals surface area contributed by atoms with Crippen LogP contribution in [0.2, 0.25) is 0 Å². The Morgan fingerprint density at radius 3 is 2.68 bits per heavy atom. The van der Waals surface area contributed by atoms with E-state index in [-0.39, 0.29) is 35.9 Å². The Morgan fingerprint density at radius 2 is 1.92 bits per heavy atom. The third kappa shape index (κ3) is 2.59. The van der Waals surface area contributed by atoms with Crippen molar-refractivity contribution in [2.24, 2.45) is 0 Å². The van der Waals surface area contributed by atoms with Gasteiger partial charge in [-0.05, 0) is 24.6 Å². The van der Waals surface area contributed by atoms with Gasteiger partial charge < -0.3 is 14.7 Å². The van der Waals surface area contributed by atoms with E-state index in [1.54, 1.807) is 45.5 Å². The van der Waals surface area contributed by atoms with Gasteiger partial charge in [-0.25, -0.2) is 4.39 Å². The van der Waals surface area contributed by atoms with E-state index in [4.69, 9.17) is 0 Å². The smallest absolute Gasteiger partial charge is 0.254 e. The average Bonchev–Trinajstić information content (AvgIpc) is 3.11. The van der Waals surface area contributed by atoms with Gasteiger partial charge in [0.05, 0.1) is 12.4 Å². The Bertz CT molecular complexity index is 772. The number of piperazine rings is 2. The van der Waals surface area contributed by atoms with Crippen molar-refractivity contribution in [1.82, 2.24) is 14.7 Å². The van der Waals surface area contributed by atoms with Crippen LogP contribution in [0.5, 0.6) is 0 Å². The summed E-state index contributed by atoms with van der Waals surface area (Å²) in [6.07, 6.45) is 0. The zero-order valence-electron chi connectivity index (χ0n) is 13.8. The second-order valence-corrected chi connectivity index (χ2v) is 7.59. The average molecular weight is 363 g/mol. The van der Waals surface area contributed by atoms with Crippen molar-refractivity contribution in [2.75, 3.05) is 31.3 Å². The lowest BCUT2D eigenvalue weighted by Gasteiger charge is -2.47. The second kappa shape index (κ2) is 6.01. The van der Waals surface area contributed by atoms with Gasteiger partial charge in [-0.15, -0.1) is 11.8 Å². The van der Waals surface area contributed by atoms with Crippen molar-refractivity contribution in [1.29, 1.82) is 0 Å². The lowest BCUT2D eigenvalue weighted by Crippen LogP contribution is -2.69. The summed E-state index contributed by atoms with van der Waals surface area (Å²) in [5.74, 6) is 0.308. The highest BCUT2D eigenvalue weighted by Gasteiger charge is 2.50. The number of carbonyl (C=O) groups excluding carboxylic acids is 3. The van der Waals surface area contributed by atoms with E-state index in [2.05, 4.69) is 0 Å². The summed E-state index contributed by atoms with van der Waals surface area (Å²) >= 11 is 1.57. The molecule has 0 bridgehead atoms. The maximum absolute atomic E-state index is 13.7. The third-order valence-corrected chi connectivity index (χ3v) is 6.12. The Kier molecular flexibility index (Phi) is 3.94. The van der Waals surface area contributed by atoms with Gasteiger partial charge in [-0.2, -0.15) is 0 Å². The van der Waals surface area contributed by atoms with Gasteiger partial charge in [0.1, 0.15) is 17.9 Å². The number of benzene rings is 1. The summed E-state index contributed by atoms with van der Waals surface area (Å²) in [5.41, 5.74) is 0.743. The first-order valence-corrected chi connectivity index (χ1v) is 9.37. The Balaban J connectivity index is 1.55. The number of aryl methyl sites for hydroxylation is 1. The van der Waals surface area contributed by atoms with Crippen LogP contribution in [0.3, 0.4) is 0 Å². The van der Waals surface area contributed by atoms with E-state index < -0.39 is 11.9 Å². The van der Waals surface area contributed by atoms with Crippen molar-refractivity contribution in [3.8, 4) is 0 Å². The first-order chi connectivity index (χ1) is 12.0. The molecule has 0 aromatic heterocycles. The molecule has 4 rings (SSSR count). The first kappa shape index (κ1) is 16.4. The number of hydrogen-bond donors (Lipinski definition) is 0. The highest BCUT2D eigenvalue weighted by Crippen LogP contribution is 2.30. The van der Waals surface area contributed by atoms with Gasteiger partial charge in [0.25, 0.3) is 5.91 Å². The van der Waals surface area contributed by atoms with Crippen LogP contribution in [0.15, 0.2) is 18.2 Å². The molecule has 132 valence electrons. The van der Waals surface area contributed by atoms with Crippen LogP contribution in [-0.4, -0.2) is 75.8 Å². The molecule has 3 heterocycles. The fourth-order valence-electron chi connectivity index (χ4n) is 3.60. The highest BCUT2D eigenvalue weighted by molar-refractivity contribution is 7.99. The number of hydrogen-bond acceptors (Lipinski definition) is 4. The van der Waals surface area contributed by atoms with Crippen LogP contribution >= 0.6 is 11.8 Å². The number of rotatable bonds is 1. The van der Waals surface area contributed by atoms with Crippen molar-refractivity contribution in [2.45, 2.75) is 19.0 Å². The molecule has 8 heteroatoms. The van der Waals surface area contributed by atoms with Gasteiger partial charge in [0.15, 0.2) is 0 Å². The van der Waals surface area contributed by atoms with Crippen LogP contribution in [0, 0.1) is 12.7 Å². The molecule has 1 aromatic rings. The number of halogens is 1. The molecule has 0 aliphatic carbocycles. The summed E-state index contributed by atoms with van der Waals surface area (Å²) in [6, 6.07) is 3.40. The van der Waals surface area contributed by atoms with Gasteiger partial charge in [-0.1, -0.05) is 6.07 Å². The largest absolute Gasteiger partial charge is 0.334 e. The van der Waals surface area contributed by atoms with Crippen LogP contribution in [0.4, 0.5) is 4.39 Å². The first-order valence-electron chi connectivity index (χ1n) is 8.21. The molecule has 3 aliphatic heterocycles. The standard InChI is InChI=1S/C17H18FN3O3S/c1-10-2-3-11(6-12(10)18)15(22)19-4-5-20-13(7-19)16(23)21-9-25-8-14(21)17(20)24/h2-3,6,13-14H,4-5,7-9H2,1H3/t13-,14+/m1/s1. The quantitative estimate of drug-likeness (QED) is 0.737. The molecule has 3 fully saturated rings. The maximum atomic E-state index is 13.7. The number of amides is 3. The van der Waals surface area contributed by atoms with Gasteiger partial charge in [0.2, 0.25) is 11.8 Å². The normalized spacial score (nSPS) is 25.9. The molecule has 0 radical (unpaired) electrons. The molecule has 0 spiro atoms. The number of carbonyl (C=O) groups is 3. The molecule has 3 saturated heterocycles. The molecule has 3 amide bonds. The van der Waals surface area contributed by atoms with E-state index in [0.29, 0.717) is 30.3 Å². The molecule has 0 unspecified atom stereocenters. The topological polar surface area (TPSA) is 60.9 Å². The van der Waals surface area contributed by atoms with E-state index >= 15 is 0 Å². The lowest BCUT2D eigenvalue weighted by molar-refractivity contribution is -0.161. The minimum Gasteiger partial charge on any atom is -0.334 e. The number of fused-ring (bicyclic) bond motifs is 2. The molecule has 25 heavy (non-hydrogen) atoms. The van der Waals surface area contributed by atoms with Crippen molar-refractivity contribution < 1.29 is 18.8 Å². The lowest BCUT2D eigenvalue weighted by atomic mass is 10.0. The fraction of sp³-hybridized carbons (Fsp3) is 0.471. The van der Waals surface area contributed by atoms with Crippen LogP contribution in [0.1, 0.15) is 15.9 Å². The summed E-state index contributed by atoms with van der Waals surface area (Å²) in [5, 5.41) is 0. The summed E-state index contributed by atoms with van der Waals surface area (Å²) in [4.78, 5) is 42.7. The SMILES string of the molecule is Cc1ccc(C(=O)N2CCN3C(=O)[C@@H]4CSCN4C(=O)[C@H]3C2)cc1F. The highest BCUT2D eigenvalue weighted by atomic mass is 32.2. The predicted octanol–water partition coefficient (Wildman–Crippen LogP) is 0.702.